The summed E-state index contributed by atoms with van der Waals surface area (Å²) in [6.07, 6.45) is 0.432. The second-order valence-corrected chi connectivity index (χ2v) is 7.23. The number of nitrogens with one attached hydrogen (secondary N) is 1. The van der Waals surface area contributed by atoms with Gasteiger partial charge in [-0.3, -0.25) is 4.79 Å². The molecule has 140 valence electrons. The van der Waals surface area contributed by atoms with Crippen molar-refractivity contribution < 1.29 is 13.7 Å². The molecule has 0 spiro atoms. The van der Waals surface area contributed by atoms with Gasteiger partial charge >= 0.3 is 0 Å². The maximum atomic E-state index is 13.7. The highest BCUT2D eigenvalue weighted by Gasteiger charge is 2.14. The Balaban J connectivity index is 1.50. The first-order chi connectivity index (χ1) is 13.0. The minimum atomic E-state index is -0.262. The van der Waals surface area contributed by atoms with Gasteiger partial charge in [-0.1, -0.05) is 58.9 Å². The van der Waals surface area contributed by atoms with Gasteiger partial charge in [0.05, 0.1) is 5.75 Å². The fraction of sp³-hybridized carbons (Fsp3) is 0.250. The van der Waals surface area contributed by atoms with E-state index < -0.39 is 0 Å². The number of nitrogens with zero attached hydrogens (tertiary/aromatic N) is 2. The lowest BCUT2D eigenvalue weighted by Gasteiger charge is -2.13. The average molecular weight is 385 g/mol. The molecular formula is C20H20FN3O2S. The van der Waals surface area contributed by atoms with Gasteiger partial charge in [0, 0.05) is 11.6 Å². The Kier molecular flexibility index (Phi) is 6.24. The number of aromatic nitrogens is 2. The molecule has 0 aliphatic heterocycles. The van der Waals surface area contributed by atoms with E-state index in [9.17, 15) is 9.18 Å². The van der Waals surface area contributed by atoms with E-state index in [4.69, 9.17) is 4.52 Å². The van der Waals surface area contributed by atoms with Gasteiger partial charge in [-0.25, -0.2) is 4.39 Å². The van der Waals surface area contributed by atoms with Crippen molar-refractivity contribution in [2.24, 2.45) is 0 Å². The summed E-state index contributed by atoms with van der Waals surface area (Å²) < 4.78 is 18.9. The smallest absolute Gasteiger partial charge is 0.286 e. The fourth-order valence-corrected chi connectivity index (χ4v) is 3.24. The Morgan fingerprint density at radius 3 is 2.85 bits per heavy atom. The Morgan fingerprint density at radius 1 is 1.26 bits per heavy atom. The molecule has 0 aliphatic rings. The highest BCUT2D eigenvalue weighted by atomic mass is 32.2. The van der Waals surface area contributed by atoms with E-state index in [2.05, 4.69) is 15.5 Å². The van der Waals surface area contributed by atoms with E-state index in [-0.39, 0.29) is 23.5 Å². The first-order valence-corrected chi connectivity index (χ1v) is 9.56. The summed E-state index contributed by atoms with van der Waals surface area (Å²) in [5.41, 5.74) is 2.56. The third-order valence-corrected chi connectivity index (χ3v) is 4.72. The van der Waals surface area contributed by atoms with Crippen molar-refractivity contribution in [3.8, 4) is 11.4 Å². The predicted molar refractivity (Wildman–Crippen MR) is 103 cm³/mol. The zero-order valence-corrected chi connectivity index (χ0v) is 15.9. The largest absolute Gasteiger partial charge is 0.353 e. The first kappa shape index (κ1) is 19.1. The van der Waals surface area contributed by atoms with Gasteiger partial charge in [0.1, 0.15) is 5.82 Å². The lowest BCUT2D eigenvalue weighted by molar-refractivity contribution is -0.119. The van der Waals surface area contributed by atoms with Crippen LogP contribution in [0.4, 0.5) is 4.39 Å². The minimum Gasteiger partial charge on any atom is -0.353 e. The average Bonchev–Trinajstić information content (AvgIpc) is 3.11. The lowest BCUT2D eigenvalue weighted by atomic mass is 10.1. The van der Waals surface area contributed by atoms with E-state index in [1.807, 2.05) is 38.1 Å². The van der Waals surface area contributed by atoms with Crippen molar-refractivity contribution in [1.29, 1.82) is 0 Å². The summed E-state index contributed by atoms with van der Waals surface area (Å²) in [6, 6.07) is 14.2. The summed E-state index contributed by atoms with van der Waals surface area (Å²) in [6.45, 7) is 3.84. The molecule has 3 aromatic rings. The molecule has 0 radical (unpaired) electrons. The number of carbonyl (C=O) groups excluding carboxylic acids is 1. The summed E-state index contributed by atoms with van der Waals surface area (Å²) in [5, 5.41) is 7.14. The summed E-state index contributed by atoms with van der Waals surface area (Å²) in [7, 11) is 0. The molecule has 0 bridgehead atoms. The van der Waals surface area contributed by atoms with Gasteiger partial charge in [-0.05, 0) is 38.0 Å². The molecule has 7 heteroatoms. The second kappa shape index (κ2) is 8.81. The van der Waals surface area contributed by atoms with Crippen LogP contribution < -0.4 is 5.32 Å². The van der Waals surface area contributed by atoms with Gasteiger partial charge in [-0.2, -0.15) is 4.98 Å². The Morgan fingerprint density at radius 2 is 2.07 bits per heavy atom. The van der Waals surface area contributed by atoms with E-state index in [0.29, 0.717) is 23.0 Å². The fourth-order valence-electron chi connectivity index (χ4n) is 2.66. The standard InChI is InChI=1S/C20H20FN3O2S/c1-13-6-5-8-16(10-13)19-23-20(26-24-19)27-12-18(25)22-14(2)11-15-7-3-4-9-17(15)21/h3-10,14H,11-12H2,1-2H3,(H,22,25). The molecule has 0 saturated heterocycles. The van der Waals surface area contributed by atoms with Crippen LogP contribution in [-0.2, 0) is 11.2 Å². The molecule has 5 nitrogen and oxygen atoms in total. The molecular weight excluding hydrogens is 365 g/mol. The van der Waals surface area contributed by atoms with E-state index in [1.165, 1.54) is 17.8 Å². The number of thioether (sulfide) groups is 1. The molecule has 0 aliphatic carbocycles. The number of carbonyl (C=O) groups is 1. The zero-order valence-electron chi connectivity index (χ0n) is 15.1. The summed E-state index contributed by atoms with van der Waals surface area (Å²) in [4.78, 5) is 16.4. The van der Waals surface area contributed by atoms with Crippen molar-refractivity contribution in [2.45, 2.75) is 31.5 Å². The van der Waals surface area contributed by atoms with E-state index in [0.717, 1.165) is 11.1 Å². The number of aryl methyl sites for hydroxylation is 1. The highest BCUT2D eigenvalue weighted by Crippen LogP contribution is 2.22. The van der Waals surface area contributed by atoms with Crippen LogP contribution >= 0.6 is 11.8 Å². The SMILES string of the molecule is Cc1cccc(-c2noc(SCC(=O)NC(C)Cc3ccccc3F)n2)c1. The Labute approximate surface area is 161 Å². The third kappa shape index (κ3) is 5.40. The van der Waals surface area contributed by atoms with Crippen LogP contribution in [0.15, 0.2) is 58.3 Å². The number of halogens is 1. The predicted octanol–water partition coefficient (Wildman–Crippen LogP) is 4.02. The Hall–Kier alpha value is -2.67. The van der Waals surface area contributed by atoms with Gasteiger partial charge in [-0.15, -0.1) is 0 Å². The van der Waals surface area contributed by atoms with Gasteiger partial charge in [0.25, 0.3) is 5.22 Å². The van der Waals surface area contributed by atoms with Crippen LogP contribution in [0.1, 0.15) is 18.1 Å². The molecule has 0 saturated carbocycles. The number of hydrogen-bond acceptors (Lipinski definition) is 5. The van der Waals surface area contributed by atoms with Crippen molar-refractivity contribution in [3.05, 3.63) is 65.5 Å². The van der Waals surface area contributed by atoms with E-state index in [1.54, 1.807) is 18.2 Å². The first-order valence-electron chi connectivity index (χ1n) is 8.57. The van der Waals surface area contributed by atoms with Crippen LogP contribution in [0, 0.1) is 12.7 Å². The van der Waals surface area contributed by atoms with E-state index >= 15 is 0 Å². The van der Waals surface area contributed by atoms with Crippen LogP contribution in [0.25, 0.3) is 11.4 Å². The van der Waals surface area contributed by atoms with Crippen molar-refractivity contribution in [3.63, 3.8) is 0 Å². The third-order valence-electron chi connectivity index (χ3n) is 3.90. The molecule has 1 N–H and O–H groups in total. The lowest BCUT2D eigenvalue weighted by Crippen LogP contribution is -2.35. The maximum Gasteiger partial charge on any atom is 0.286 e. The zero-order chi connectivity index (χ0) is 19.2. The molecule has 2 aromatic carbocycles. The Bertz CT molecular complexity index is 929. The van der Waals surface area contributed by atoms with Gasteiger partial charge < -0.3 is 9.84 Å². The molecule has 0 fully saturated rings. The maximum absolute atomic E-state index is 13.7. The van der Waals surface area contributed by atoms with Crippen LogP contribution in [0.3, 0.4) is 0 Å². The molecule has 1 aromatic heterocycles. The second-order valence-electron chi connectivity index (χ2n) is 6.31. The number of benzene rings is 2. The van der Waals surface area contributed by atoms with Gasteiger partial charge in [0.2, 0.25) is 11.7 Å². The molecule has 1 atom stereocenters. The number of hydrogen-bond donors (Lipinski definition) is 1. The number of amides is 1. The highest BCUT2D eigenvalue weighted by molar-refractivity contribution is 7.99. The van der Waals surface area contributed by atoms with Crippen molar-refractivity contribution >= 4 is 17.7 Å². The molecule has 1 amide bonds. The van der Waals surface area contributed by atoms with Crippen molar-refractivity contribution in [1.82, 2.24) is 15.5 Å². The normalized spacial score (nSPS) is 12.0. The summed E-state index contributed by atoms with van der Waals surface area (Å²) in [5.74, 6) is 0.216. The molecule has 27 heavy (non-hydrogen) atoms. The molecule has 1 heterocycles. The van der Waals surface area contributed by atoms with Gasteiger partial charge in [0.15, 0.2) is 0 Å². The topological polar surface area (TPSA) is 68.0 Å². The molecule has 1 unspecified atom stereocenters. The van der Waals surface area contributed by atoms with Crippen LogP contribution in [0.5, 0.6) is 0 Å². The van der Waals surface area contributed by atoms with Crippen molar-refractivity contribution in [2.75, 3.05) is 5.75 Å². The molecule has 3 rings (SSSR count). The number of rotatable bonds is 7. The quantitative estimate of drug-likeness (QED) is 0.622. The summed E-state index contributed by atoms with van der Waals surface area (Å²) >= 11 is 1.17. The van der Waals surface area contributed by atoms with Crippen LogP contribution in [-0.4, -0.2) is 27.8 Å². The minimum absolute atomic E-state index is 0.150. The van der Waals surface area contributed by atoms with Crippen LogP contribution in [0.2, 0.25) is 0 Å². The monoisotopic (exact) mass is 385 g/mol.